The topological polar surface area (TPSA) is 56.8 Å². The Morgan fingerprint density at radius 2 is 1.96 bits per heavy atom. The van der Waals surface area contributed by atoms with Crippen molar-refractivity contribution in [2.45, 2.75) is 70.3 Å². The summed E-state index contributed by atoms with van der Waals surface area (Å²) in [4.78, 5) is 11.8. The molecule has 1 N–H and O–H groups in total. The Hall–Kier alpha value is -1.75. The number of carbonyl (C=O) groups excluding carboxylic acids is 1. The van der Waals surface area contributed by atoms with E-state index in [4.69, 9.17) is 14.2 Å². The Morgan fingerprint density at radius 3 is 2.58 bits per heavy atom. The number of hydrogen-bond acceptors (Lipinski definition) is 4. The first-order chi connectivity index (χ1) is 11.4. The number of rotatable bonds is 4. The summed E-state index contributed by atoms with van der Waals surface area (Å²) in [5, 5.41) is 2.93. The van der Waals surface area contributed by atoms with Crippen molar-refractivity contribution in [1.29, 1.82) is 0 Å². The average molecular weight is 333 g/mol. The Kier molecular flexibility index (Phi) is 4.99. The lowest BCUT2D eigenvalue weighted by molar-refractivity contribution is -0.105. The molecule has 1 saturated heterocycles. The Bertz CT molecular complexity index is 558. The van der Waals surface area contributed by atoms with Crippen LogP contribution in [0.2, 0.25) is 0 Å². The maximum Gasteiger partial charge on any atom is 0.407 e. The van der Waals surface area contributed by atoms with E-state index in [2.05, 4.69) is 17.4 Å². The van der Waals surface area contributed by atoms with E-state index < -0.39 is 5.60 Å². The standard InChI is InChI=1S/C19H27NO4/c1-19(2,3)24-18(21)20-16-12-15(16)13-7-9-14(10-8-13)23-17-6-4-5-11-22-17/h7-10,15-17H,4-6,11-12H2,1-3H3,(H,20,21)/t15-,16+,17-/m1/s1. The van der Waals surface area contributed by atoms with Gasteiger partial charge in [0, 0.05) is 18.4 Å². The first-order valence-corrected chi connectivity index (χ1v) is 8.78. The van der Waals surface area contributed by atoms with E-state index in [1.54, 1.807) is 0 Å². The number of ether oxygens (including phenoxy) is 3. The van der Waals surface area contributed by atoms with Crippen LogP contribution in [0.4, 0.5) is 4.79 Å². The molecular weight excluding hydrogens is 306 g/mol. The summed E-state index contributed by atoms with van der Waals surface area (Å²) in [7, 11) is 0. The molecule has 1 saturated carbocycles. The zero-order chi connectivity index (χ0) is 17.2. The molecule has 1 aromatic rings. The monoisotopic (exact) mass is 333 g/mol. The Morgan fingerprint density at radius 1 is 1.21 bits per heavy atom. The summed E-state index contributed by atoms with van der Waals surface area (Å²) < 4.78 is 16.7. The van der Waals surface area contributed by atoms with Crippen molar-refractivity contribution in [2.75, 3.05) is 6.61 Å². The van der Waals surface area contributed by atoms with E-state index in [9.17, 15) is 4.79 Å². The van der Waals surface area contributed by atoms with Gasteiger partial charge in [0.25, 0.3) is 0 Å². The maximum atomic E-state index is 11.8. The zero-order valence-corrected chi connectivity index (χ0v) is 14.7. The summed E-state index contributed by atoms with van der Waals surface area (Å²) in [6.45, 7) is 6.38. The lowest BCUT2D eigenvalue weighted by Crippen LogP contribution is -2.34. The van der Waals surface area contributed by atoms with E-state index in [0.29, 0.717) is 5.92 Å². The molecule has 3 rings (SSSR count). The predicted octanol–water partition coefficient (Wildman–Crippen LogP) is 3.97. The molecule has 2 fully saturated rings. The second kappa shape index (κ2) is 7.01. The highest BCUT2D eigenvalue weighted by Crippen LogP contribution is 2.41. The molecule has 0 spiro atoms. The van der Waals surface area contributed by atoms with Gasteiger partial charge >= 0.3 is 6.09 Å². The van der Waals surface area contributed by atoms with E-state index in [1.165, 1.54) is 5.56 Å². The fraction of sp³-hybridized carbons (Fsp3) is 0.632. The Labute approximate surface area is 143 Å². The molecule has 5 heteroatoms. The van der Waals surface area contributed by atoms with Gasteiger partial charge in [0.15, 0.2) is 6.29 Å². The highest BCUT2D eigenvalue weighted by molar-refractivity contribution is 5.69. The molecule has 0 aromatic heterocycles. The molecule has 0 radical (unpaired) electrons. The lowest BCUT2D eigenvalue weighted by atomic mass is 10.1. The van der Waals surface area contributed by atoms with E-state index in [1.807, 2.05) is 32.9 Å². The van der Waals surface area contributed by atoms with Gasteiger partial charge in [-0.15, -0.1) is 0 Å². The van der Waals surface area contributed by atoms with Crippen molar-refractivity contribution in [2.24, 2.45) is 0 Å². The van der Waals surface area contributed by atoms with E-state index in [0.717, 1.165) is 38.0 Å². The fourth-order valence-electron chi connectivity index (χ4n) is 2.93. The number of alkyl carbamates (subject to hydrolysis) is 1. The number of hydrogen-bond donors (Lipinski definition) is 1. The van der Waals surface area contributed by atoms with Gasteiger partial charge in [-0.1, -0.05) is 12.1 Å². The van der Waals surface area contributed by atoms with Crippen LogP contribution in [-0.4, -0.2) is 30.6 Å². The van der Waals surface area contributed by atoms with Crippen LogP contribution in [0.1, 0.15) is 57.9 Å². The molecular formula is C19H27NO4. The highest BCUT2D eigenvalue weighted by atomic mass is 16.7. The van der Waals surface area contributed by atoms with Crippen LogP contribution in [0.15, 0.2) is 24.3 Å². The maximum absolute atomic E-state index is 11.8. The van der Waals surface area contributed by atoms with Crippen molar-refractivity contribution >= 4 is 6.09 Å². The van der Waals surface area contributed by atoms with Gasteiger partial charge in [-0.2, -0.15) is 0 Å². The minimum Gasteiger partial charge on any atom is -0.465 e. The van der Waals surface area contributed by atoms with Crippen molar-refractivity contribution in [3.63, 3.8) is 0 Å². The van der Waals surface area contributed by atoms with Crippen molar-refractivity contribution in [3.8, 4) is 5.75 Å². The molecule has 0 bridgehead atoms. The number of amides is 1. The van der Waals surface area contributed by atoms with E-state index in [-0.39, 0.29) is 18.4 Å². The van der Waals surface area contributed by atoms with Gasteiger partial charge < -0.3 is 19.5 Å². The minimum atomic E-state index is -0.464. The molecule has 2 aliphatic rings. The Balaban J connectivity index is 1.47. The quantitative estimate of drug-likeness (QED) is 0.906. The van der Waals surface area contributed by atoms with Crippen LogP contribution in [0.5, 0.6) is 5.75 Å². The van der Waals surface area contributed by atoms with Gasteiger partial charge in [0.2, 0.25) is 0 Å². The van der Waals surface area contributed by atoms with Gasteiger partial charge in [-0.05, 0) is 57.7 Å². The van der Waals surface area contributed by atoms with Crippen molar-refractivity contribution in [1.82, 2.24) is 5.32 Å². The normalized spacial score (nSPS) is 26.5. The third-order valence-corrected chi connectivity index (χ3v) is 4.21. The van der Waals surface area contributed by atoms with Crippen LogP contribution < -0.4 is 10.1 Å². The minimum absolute atomic E-state index is 0.118. The molecule has 3 atom stereocenters. The fourth-order valence-corrected chi connectivity index (χ4v) is 2.93. The number of carbonyl (C=O) groups is 1. The predicted molar refractivity (Wildman–Crippen MR) is 91.2 cm³/mol. The van der Waals surface area contributed by atoms with Crippen LogP contribution in [-0.2, 0) is 9.47 Å². The highest BCUT2D eigenvalue weighted by Gasteiger charge is 2.40. The summed E-state index contributed by atoms with van der Waals surface area (Å²) in [6.07, 6.45) is 3.71. The van der Waals surface area contributed by atoms with Crippen LogP contribution in [0.3, 0.4) is 0 Å². The smallest absolute Gasteiger partial charge is 0.407 e. The second-order valence-corrected chi connectivity index (χ2v) is 7.58. The molecule has 1 aliphatic heterocycles. The first kappa shape index (κ1) is 17.1. The summed E-state index contributed by atoms with van der Waals surface area (Å²) in [5.41, 5.74) is 0.752. The molecule has 132 valence electrons. The van der Waals surface area contributed by atoms with Crippen LogP contribution in [0, 0.1) is 0 Å². The van der Waals surface area contributed by atoms with Gasteiger partial charge in [-0.3, -0.25) is 0 Å². The van der Waals surface area contributed by atoms with Gasteiger partial charge in [0.1, 0.15) is 11.4 Å². The van der Waals surface area contributed by atoms with Gasteiger partial charge in [0.05, 0.1) is 6.61 Å². The number of nitrogens with one attached hydrogen (secondary N) is 1. The summed E-state index contributed by atoms with van der Waals surface area (Å²) in [5.74, 6) is 1.19. The molecule has 1 aliphatic carbocycles. The van der Waals surface area contributed by atoms with Crippen molar-refractivity contribution < 1.29 is 19.0 Å². The third-order valence-electron chi connectivity index (χ3n) is 4.21. The average Bonchev–Trinajstić information content (AvgIpc) is 3.26. The molecule has 1 heterocycles. The molecule has 1 aromatic carbocycles. The third kappa shape index (κ3) is 4.87. The summed E-state index contributed by atoms with van der Waals surface area (Å²) >= 11 is 0. The second-order valence-electron chi connectivity index (χ2n) is 7.58. The van der Waals surface area contributed by atoms with Crippen LogP contribution in [0.25, 0.3) is 0 Å². The SMILES string of the molecule is CC(C)(C)OC(=O)N[C@H]1C[C@@H]1c1ccc(O[C@@H]2CCCCO2)cc1. The molecule has 1 amide bonds. The van der Waals surface area contributed by atoms with Crippen LogP contribution >= 0.6 is 0 Å². The van der Waals surface area contributed by atoms with E-state index >= 15 is 0 Å². The molecule has 24 heavy (non-hydrogen) atoms. The first-order valence-electron chi connectivity index (χ1n) is 8.78. The molecule has 0 unspecified atom stereocenters. The summed E-state index contributed by atoms with van der Waals surface area (Å²) in [6, 6.07) is 8.26. The lowest BCUT2D eigenvalue weighted by Gasteiger charge is -2.23. The van der Waals surface area contributed by atoms with Crippen molar-refractivity contribution in [3.05, 3.63) is 29.8 Å². The largest absolute Gasteiger partial charge is 0.465 e. The number of benzene rings is 1. The zero-order valence-electron chi connectivity index (χ0n) is 14.7. The van der Waals surface area contributed by atoms with Gasteiger partial charge in [-0.25, -0.2) is 4.79 Å². The molecule has 5 nitrogen and oxygen atoms in total.